The Morgan fingerprint density at radius 1 is 0.875 bits per heavy atom. The lowest BCUT2D eigenvalue weighted by Crippen LogP contribution is -1.95. The second kappa shape index (κ2) is 5.76. The summed E-state index contributed by atoms with van der Waals surface area (Å²) < 4.78 is 0. The van der Waals surface area contributed by atoms with Crippen LogP contribution in [0, 0.1) is 11.3 Å². The Morgan fingerprint density at radius 2 is 1.50 bits per heavy atom. The summed E-state index contributed by atoms with van der Waals surface area (Å²) in [6, 6.07) is 22.0. The summed E-state index contributed by atoms with van der Waals surface area (Å²) in [4.78, 5) is 1.16. The maximum absolute atomic E-state index is 9.30. The van der Waals surface area contributed by atoms with E-state index in [9.17, 15) is 5.26 Å². The number of nitrogens with two attached hydrogens (primary N) is 1. The summed E-state index contributed by atoms with van der Waals surface area (Å²) in [5, 5.41) is 18.9. The Morgan fingerprint density at radius 3 is 2.12 bits per heavy atom. The van der Waals surface area contributed by atoms with Crippen LogP contribution in [-0.4, -0.2) is 10.2 Å². The van der Waals surface area contributed by atoms with Gasteiger partial charge in [0.25, 0.3) is 0 Å². The van der Waals surface area contributed by atoms with Gasteiger partial charge in [0.1, 0.15) is 21.5 Å². The van der Waals surface area contributed by atoms with Crippen LogP contribution in [0.5, 0.6) is 0 Å². The number of hydrogen-bond donors (Lipinski definition) is 1. The van der Waals surface area contributed by atoms with Crippen molar-refractivity contribution in [2.24, 2.45) is 0 Å². The average Bonchev–Trinajstić information content (AvgIpc) is 2.98. The van der Waals surface area contributed by atoms with Gasteiger partial charge in [0.15, 0.2) is 0 Å². The number of aromatic nitrogens is 2. The van der Waals surface area contributed by atoms with Crippen molar-refractivity contribution >= 4 is 27.2 Å². The van der Waals surface area contributed by atoms with Crippen molar-refractivity contribution in [2.75, 3.05) is 5.73 Å². The molecule has 0 amide bonds. The van der Waals surface area contributed by atoms with Crippen LogP contribution in [0.25, 0.3) is 32.6 Å². The van der Waals surface area contributed by atoms with Gasteiger partial charge in [-0.25, -0.2) is 0 Å². The van der Waals surface area contributed by atoms with Crippen LogP contribution < -0.4 is 5.73 Å². The lowest BCUT2D eigenvalue weighted by Gasteiger charge is -2.10. The van der Waals surface area contributed by atoms with Gasteiger partial charge in [-0.2, -0.15) is 5.26 Å². The zero-order chi connectivity index (χ0) is 16.5. The quantitative estimate of drug-likeness (QED) is 0.588. The van der Waals surface area contributed by atoms with Gasteiger partial charge < -0.3 is 5.73 Å². The molecule has 114 valence electrons. The zero-order valence-corrected chi connectivity index (χ0v) is 13.4. The molecule has 4 aromatic rings. The van der Waals surface area contributed by atoms with E-state index in [4.69, 9.17) is 5.73 Å². The molecule has 0 atom stereocenters. The molecular formula is C19H12N4S. The highest BCUT2D eigenvalue weighted by Crippen LogP contribution is 2.42. The average molecular weight is 328 g/mol. The van der Waals surface area contributed by atoms with Gasteiger partial charge in [-0.3, -0.25) is 0 Å². The van der Waals surface area contributed by atoms with E-state index >= 15 is 0 Å². The second-order valence-electron chi connectivity index (χ2n) is 5.29. The molecule has 0 spiro atoms. The molecule has 2 N–H and O–H groups in total. The fourth-order valence-electron chi connectivity index (χ4n) is 2.77. The summed E-state index contributed by atoms with van der Waals surface area (Å²) in [5.41, 5.74) is 10.4. The number of nitriles is 1. The van der Waals surface area contributed by atoms with E-state index in [0.29, 0.717) is 15.4 Å². The standard InChI is InChI=1S/C19H12N4S/c20-11-14-17(21)16-15(12-7-3-1-4-8-12)18(22-23-19(16)24-14)13-9-5-2-6-10-13/h1-10H,21H2. The minimum absolute atomic E-state index is 0.474. The number of thiophene rings is 1. The lowest BCUT2D eigenvalue weighted by molar-refractivity contribution is 1.09. The molecule has 5 heteroatoms. The van der Waals surface area contributed by atoms with Gasteiger partial charge in [0.2, 0.25) is 0 Å². The number of hydrogen-bond acceptors (Lipinski definition) is 5. The predicted octanol–water partition coefficient (Wildman–Crippen LogP) is 4.48. The minimum atomic E-state index is 0.474. The summed E-state index contributed by atoms with van der Waals surface area (Å²) in [6.07, 6.45) is 0. The molecule has 0 radical (unpaired) electrons. The van der Waals surface area contributed by atoms with Crippen molar-refractivity contribution in [2.45, 2.75) is 0 Å². The number of nitrogens with zero attached hydrogens (tertiary/aromatic N) is 3. The summed E-state index contributed by atoms with van der Waals surface area (Å²) in [5.74, 6) is 0. The van der Waals surface area contributed by atoms with E-state index in [1.165, 1.54) is 11.3 Å². The van der Waals surface area contributed by atoms with E-state index in [2.05, 4.69) is 16.3 Å². The first-order chi connectivity index (χ1) is 11.8. The van der Waals surface area contributed by atoms with Crippen molar-refractivity contribution in [3.63, 3.8) is 0 Å². The van der Waals surface area contributed by atoms with E-state index in [-0.39, 0.29) is 0 Å². The Labute approximate surface area is 142 Å². The molecule has 0 unspecified atom stereocenters. The van der Waals surface area contributed by atoms with Crippen molar-refractivity contribution in [1.29, 1.82) is 5.26 Å². The molecule has 4 nitrogen and oxygen atoms in total. The molecule has 0 aliphatic rings. The molecule has 0 saturated heterocycles. The predicted molar refractivity (Wildman–Crippen MR) is 97.4 cm³/mol. The van der Waals surface area contributed by atoms with E-state index in [1.807, 2.05) is 60.7 Å². The number of benzene rings is 2. The fraction of sp³-hybridized carbons (Fsp3) is 0. The molecule has 0 fully saturated rings. The number of nitrogen functional groups attached to an aromatic ring is 1. The monoisotopic (exact) mass is 328 g/mol. The highest BCUT2D eigenvalue weighted by atomic mass is 32.1. The molecule has 0 bridgehead atoms. The molecule has 2 heterocycles. The van der Waals surface area contributed by atoms with Gasteiger partial charge in [-0.1, -0.05) is 60.7 Å². The largest absolute Gasteiger partial charge is 0.396 e. The van der Waals surface area contributed by atoms with Crippen LogP contribution in [0.1, 0.15) is 4.88 Å². The van der Waals surface area contributed by atoms with Crippen molar-refractivity contribution in [3.05, 3.63) is 65.5 Å². The van der Waals surface area contributed by atoms with Crippen LogP contribution in [-0.2, 0) is 0 Å². The summed E-state index contributed by atoms with van der Waals surface area (Å²) in [6.45, 7) is 0. The molecule has 0 aliphatic carbocycles. The van der Waals surface area contributed by atoms with Crippen LogP contribution in [0.3, 0.4) is 0 Å². The number of anilines is 1. The molecule has 2 aromatic heterocycles. The number of fused-ring (bicyclic) bond motifs is 1. The number of rotatable bonds is 2. The van der Waals surface area contributed by atoms with Crippen LogP contribution >= 0.6 is 11.3 Å². The van der Waals surface area contributed by atoms with Crippen molar-refractivity contribution in [3.8, 4) is 28.5 Å². The summed E-state index contributed by atoms with van der Waals surface area (Å²) >= 11 is 1.28. The Kier molecular flexibility index (Phi) is 3.45. The Balaban J connectivity index is 2.14. The highest BCUT2D eigenvalue weighted by Gasteiger charge is 2.20. The van der Waals surface area contributed by atoms with Crippen molar-refractivity contribution in [1.82, 2.24) is 10.2 Å². The molecular weight excluding hydrogens is 316 g/mol. The molecule has 0 aliphatic heterocycles. The van der Waals surface area contributed by atoms with Gasteiger partial charge in [-0.15, -0.1) is 21.5 Å². The first kappa shape index (κ1) is 14.4. The van der Waals surface area contributed by atoms with Crippen LogP contribution in [0.4, 0.5) is 5.69 Å². The SMILES string of the molecule is N#Cc1sc2nnc(-c3ccccc3)c(-c3ccccc3)c2c1N. The first-order valence-corrected chi connectivity index (χ1v) is 8.21. The normalized spacial score (nSPS) is 10.6. The van der Waals surface area contributed by atoms with E-state index in [0.717, 1.165) is 27.8 Å². The van der Waals surface area contributed by atoms with Crippen molar-refractivity contribution < 1.29 is 0 Å². The maximum atomic E-state index is 9.30. The first-order valence-electron chi connectivity index (χ1n) is 7.39. The second-order valence-corrected chi connectivity index (χ2v) is 6.29. The molecule has 0 saturated carbocycles. The smallest absolute Gasteiger partial charge is 0.150 e. The van der Waals surface area contributed by atoms with Gasteiger partial charge in [0.05, 0.1) is 5.69 Å². The van der Waals surface area contributed by atoms with E-state index in [1.54, 1.807) is 0 Å². The van der Waals surface area contributed by atoms with Crippen LogP contribution in [0.2, 0.25) is 0 Å². The van der Waals surface area contributed by atoms with Gasteiger partial charge in [0, 0.05) is 16.5 Å². The lowest BCUT2D eigenvalue weighted by atomic mass is 9.97. The molecule has 2 aromatic carbocycles. The van der Waals surface area contributed by atoms with E-state index < -0.39 is 0 Å². The third kappa shape index (κ3) is 2.21. The highest BCUT2D eigenvalue weighted by molar-refractivity contribution is 7.19. The Hall–Kier alpha value is -3.23. The molecule has 4 rings (SSSR count). The van der Waals surface area contributed by atoms with Crippen LogP contribution in [0.15, 0.2) is 60.7 Å². The Bertz CT molecular complexity index is 1060. The fourth-order valence-corrected chi connectivity index (χ4v) is 3.62. The van der Waals surface area contributed by atoms with Gasteiger partial charge in [-0.05, 0) is 5.56 Å². The topological polar surface area (TPSA) is 75.6 Å². The third-order valence-electron chi connectivity index (χ3n) is 3.87. The maximum Gasteiger partial charge on any atom is 0.150 e. The minimum Gasteiger partial charge on any atom is -0.396 e. The summed E-state index contributed by atoms with van der Waals surface area (Å²) in [7, 11) is 0. The molecule has 24 heavy (non-hydrogen) atoms. The van der Waals surface area contributed by atoms with Gasteiger partial charge >= 0.3 is 0 Å². The zero-order valence-electron chi connectivity index (χ0n) is 12.6. The third-order valence-corrected chi connectivity index (χ3v) is 4.86.